The number of aryl methyl sites for hydroxylation is 1. The first kappa shape index (κ1) is 14.6. The van der Waals surface area contributed by atoms with Gasteiger partial charge in [-0.2, -0.15) is 0 Å². The number of hydrogen-bond acceptors (Lipinski definition) is 2. The summed E-state index contributed by atoms with van der Waals surface area (Å²) in [5.74, 6) is 0.562. The van der Waals surface area contributed by atoms with Crippen LogP contribution in [0.3, 0.4) is 0 Å². The van der Waals surface area contributed by atoms with Crippen LogP contribution in [0.4, 0.5) is 5.69 Å². The van der Waals surface area contributed by atoms with Gasteiger partial charge in [0.25, 0.3) is 0 Å². The summed E-state index contributed by atoms with van der Waals surface area (Å²) in [7, 11) is 0. The molecule has 0 aromatic heterocycles. The summed E-state index contributed by atoms with van der Waals surface area (Å²) >= 11 is 0. The van der Waals surface area contributed by atoms with Gasteiger partial charge in [0.15, 0.2) is 0 Å². The van der Waals surface area contributed by atoms with E-state index in [4.69, 9.17) is 5.73 Å². The fraction of sp³-hybridized carbons (Fsp3) is 0.333. The van der Waals surface area contributed by atoms with E-state index >= 15 is 0 Å². The Balaban J connectivity index is 2.11. The van der Waals surface area contributed by atoms with Crippen molar-refractivity contribution in [2.75, 3.05) is 11.9 Å². The van der Waals surface area contributed by atoms with Crippen LogP contribution in [0.1, 0.15) is 42.5 Å². The minimum absolute atomic E-state index is 0.153. The minimum Gasteiger partial charge on any atom is -0.377 e. The van der Waals surface area contributed by atoms with Crippen molar-refractivity contribution in [3.05, 3.63) is 65.2 Å². The lowest BCUT2D eigenvalue weighted by molar-refractivity contribution is 0.789. The van der Waals surface area contributed by atoms with E-state index in [0.29, 0.717) is 12.5 Å². The van der Waals surface area contributed by atoms with Crippen LogP contribution in [0.25, 0.3) is 0 Å². The zero-order valence-corrected chi connectivity index (χ0v) is 12.6. The summed E-state index contributed by atoms with van der Waals surface area (Å²) in [6.45, 7) is 7.09. The SMILES string of the molecule is Cc1ccc(C(CN)Nc2ccc(C(C)C)cc2)cc1. The van der Waals surface area contributed by atoms with E-state index in [1.165, 1.54) is 16.7 Å². The van der Waals surface area contributed by atoms with Crippen LogP contribution < -0.4 is 11.1 Å². The quantitative estimate of drug-likeness (QED) is 0.851. The van der Waals surface area contributed by atoms with Crippen molar-refractivity contribution in [3.63, 3.8) is 0 Å². The molecule has 1 unspecified atom stereocenters. The average molecular weight is 268 g/mol. The van der Waals surface area contributed by atoms with E-state index in [1.807, 2.05) is 0 Å². The molecule has 20 heavy (non-hydrogen) atoms. The molecule has 2 rings (SSSR count). The van der Waals surface area contributed by atoms with Crippen LogP contribution in [0.15, 0.2) is 48.5 Å². The molecular weight excluding hydrogens is 244 g/mol. The lowest BCUT2D eigenvalue weighted by Crippen LogP contribution is -2.20. The molecule has 0 aliphatic rings. The zero-order chi connectivity index (χ0) is 14.5. The molecule has 2 nitrogen and oxygen atoms in total. The van der Waals surface area contributed by atoms with Gasteiger partial charge in [0, 0.05) is 12.2 Å². The van der Waals surface area contributed by atoms with Crippen LogP contribution >= 0.6 is 0 Å². The van der Waals surface area contributed by atoms with Crippen molar-refractivity contribution in [1.82, 2.24) is 0 Å². The van der Waals surface area contributed by atoms with Gasteiger partial charge in [-0.3, -0.25) is 0 Å². The first-order valence-electron chi connectivity index (χ1n) is 7.23. The Morgan fingerprint density at radius 2 is 1.45 bits per heavy atom. The van der Waals surface area contributed by atoms with Gasteiger partial charge in [0.2, 0.25) is 0 Å². The van der Waals surface area contributed by atoms with Gasteiger partial charge >= 0.3 is 0 Å². The predicted molar refractivity (Wildman–Crippen MR) is 87.1 cm³/mol. The third-order valence-corrected chi connectivity index (χ3v) is 3.63. The second-order valence-corrected chi connectivity index (χ2v) is 5.62. The summed E-state index contributed by atoms with van der Waals surface area (Å²) in [6.07, 6.45) is 0. The average Bonchev–Trinajstić information content (AvgIpc) is 2.46. The van der Waals surface area contributed by atoms with E-state index < -0.39 is 0 Å². The van der Waals surface area contributed by atoms with Crippen molar-refractivity contribution in [2.24, 2.45) is 5.73 Å². The van der Waals surface area contributed by atoms with Gasteiger partial charge in [0.05, 0.1) is 6.04 Å². The molecule has 0 spiro atoms. The Kier molecular flexibility index (Phi) is 4.80. The Bertz CT molecular complexity index is 526. The van der Waals surface area contributed by atoms with Gasteiger partial charge in [0.1, 0.15) is 0 Å². The van der Waals surface area contributed by atoms with Gasteiger partial charge in [-0.15, -0.1) is 0 Å². The van der Waals surface area contributed by atoms with E-state index in [2.05, 4.69) is 74.6 Å². The third kappa shape index (κ3) is 3.61. The molecule has 2 aromatic rings. The van der Waals surface area contributed by atoms with Crippen LogP contribution in [0.2, 0.25) is 0 Å². The molecule has 0 radical (unpaired) electrons. The maximum Gasteiger partial charge on any atom is 0.0636 e. The molecule has 3 N–H and O–H groups in total. The molecule has 1 atom stereocenters. The van der Waals surface area contributed by atoms with Gasteiger partial charge in [-0.05, 0) is 36.1 Å². The van der Waals surface area contributed by atoms with Crippen molar-refractivity contribution in [3.8, 4) is 0 Å². The fourth-order valence-corrected chi connectivity index (χ4v) is 2.24. The first-order chi connectivity index (χ1) is 9.60. The van der Waals surface area contributed by atoms with E-state index in [9.17, 15) is 0 Å². The largest absolute Gasteiger partial charge is 0.377 e. The van der Waals surface area contributed by atoms with E-state index in [1.54, 1.807) is 0 Å². The second kappa shape index (κ2) is 6.58. The van der Waals surface area contributed by atoms with E-state index in [-0.39, 0.29) is 6.04 Å². The van der Waals surface area contributed by atoms with Gasteiger partial charge in [-0.25, -0.2) is 0 Å². The van der Waals surface area contributed by atoms with Crippen LogP contribution in [0, 0.1) is 6.92 Å². The highest BCUT2D eigenvalue weighted by atomic mass is 14.9. The number of rotatable bonds is 5. The topological polar surface area (TPSA) is 38.0 Å². The first-order valence-corrected chi connectivity index (χ1v) is 7.23. The number of nitrogens with two attached hydrogens (primary N) is 1. The fourth-order valence-electron chi connectivity index (χ4n) is 2.24. The molecule has 106 valence electrons. The molecule has 0 aliphatic heterocycles. The molecule has 0 saturated heterocycles. The molecule has 0 fully saturated rings. The molecule has 2 aromatic carbocycles. The lowest BCUT2D eigenvalue weighted by atomic mass is 10.0. The highest BCUT2D eigenvalue weighted by Gasteiger charge is 2.09. The van der Waals surface area contributed by atoms with E-state index in [0.717, 1.165) is 5.69 Å². The predicted octanol–water partition coefficient (Wildman–Crippen LogP) is 4.23. The summed E-state index contributed by atoms with van der Waals surface area (Å²) < 4.78 is 0. The second-order valence-electron chi connectivity index (χ2n) is 5.62. The molecule has 0 bridgehead atoms. The smallest absolute Gasteiger partial charge is 0.0636 e. The Labute approximate surface area is 122 Å². The maximum absolute atomic E-state index is 5.91. The number of hydrogen-bond donors (Lipinski definition) is 2. The molecule has 0 heterocycles. The standard InChI is InChI=1S/C18H24N2/c1-13(2)15-8-10-17(11-9-15)20-18(12-19)16-6-4-14(3)5-7-16/h4-11,13,18,20H,12,19H2,1-3H3. The zero-order valence-electron chi connectivity index (χ0n) is 12.6. The number of nitrogens with one attached hydrogen (secondary N) is 1. The highest BCUT2D eigenvalue weighted by molar-refractivity contribution is 5.47. The van der Waals surface area contributed by atoms with Crippen LogP contribution in [-0.4, -0.2) is 6.54 Å². The normalized spacial score (nSPS) is 12.4. The summed E-state index contributed by atoms with van der Waals surface area (Å²) in [4.78, 5) is 0. The third-order valence-electron chi connectivity index (χ3n) is 3.63. The highest BCUT2D eigenvalue weighted by Crippen LogP contribution is 2.22. The van der Waals surface area contributed by atoms with Gasteiger partial charge < -0.3 is 11.1 Å². The van der Waals surface area contributed by atoms with Crippen molar-refractivity contribution >= 4 is 5.69 Å². The summed E-state index contributed by atoms with van der Waals surface area (Å²) in [5.41, 5.74) is 10.9. The van der Waals surface area contributed by atoms with Crippen LogP contribution in [-0.2, 0) is 0 Å². The molecular formula is C18H24N2. The number of anilines is 1. The Hall–Kier alpha value is -1.80. The summed E-state index contributed by atoms with van der Waals surface area (Å²) in [5, 5.41) is 3.51. The van der Waals surface area contributed by atoms with Gasteiger partial charge in [-0.1, -0.05) is 55.8 Å². The summed E-state index contributed by atoms with van der Waals surface area (Å²) in [6, 6.07) is 17.3. The molecule has 0 saturated carbocycles. The monoisotopic (exact) mass is 268 g/mol. The van der Waals surface area contributed by atoms with Crippen molar-refractivity contribution < 1.29 is 0 Å². The minimum atomic E-state index is 0.153. The molecule has 2 heteroatoms. The maximum atomic E-state index is 5.91. The molecule has 0 aliphatic carbocycles. The Morgan fingerprint density at radius 3 is 1.95 bits per heavy atom. The van der Waals surface area contributed by atoms with Crippen molar-refractivity contribution in [2.45, 2.75) is 32.7 Å². The van der Waals surface area contributed by atoms with Crippen molar-refractivity contribution in [1.29, 1.82) is 0 Å². The lowest BCUT2D eigenvalue weighted by Gasteiger charge is -2.19. The van der Waals surface area contributed by atoms with Crippen LogP contribution in [0.5, 0.6) is 0 Å². The number of benzene rings is 2. The Morgan fingerprint density at radius 1 is 0.900 bits per heavy atom. The molecule has 0 amide bonds.